The van der Waals surface area contributed by atoms with Crippen molar-refractivity contribution in [1.82, 2.24) is 16.0 Å². The number of dihydropyridines is 1. The van der Waals surface area contributed by atoms with E-state index in [1.54, 1.807) is 19.9 Å². The highest BCUT2D eigenvalue weighted by Crippen LogP contribution is 2.40. The van der Waals surface area contributed by atoms with Gasteiger partial charge in [0, 0.05) is 30.9 Å². The quantitative estimate of drug-likeness (QED) is 0.0523. The molecule has 0 aliphatic carbocycles. The first-order valence-electron chi connectivity index (χ1n) is 15.9. The van der Waals surface area contributed by atoms with E-state index in [9.17, 15) is 29.6 Å². The molecule has 0 bridgehead atoms. The minimum Gasteiger partial charge on any atom is -0.491 e. The van der Waals surface area contributed by atoms with Crippen molar-refractivity contribution in [2.45, 2.75) is 38.7 Å². The molecule has 0 aromatic heterocycles. The van der Waals surface area contributed by atoms with Gasteiger partial charge < -0.3 is 44.7 Å². The van der Waals surface area contributed by atoms with Gasteiger partial charge in [-0.1, -0.05) is 30.3 Å². The Labute approximate surface area is 284 Å². The fourth-order valence-electron chi connectivity index (χ4n) is 5.00. The van der Waals surface area contributed by atoms with Gasteiger partial charge in [-0.05, 0) is 50.9 Å². The molecule has 15 nitrogen and oxygen atoms in total. The summed E-state index contributed by atoms with van der Waals surface area (Å²) in [6.45, 7) is 4.75. The largest absolute Gasteiger partial charge is 0.491 e. The van der Waals surface area contributed by atoms with E-state index >= 15 is 0 Å². The lowest BCUT2D eigenvalue weighted by Gasteiger charge is -2.31. The molecule has 2 aromatic carbocycles. The van der Waals surface area contributed by atoms with Gasteiger partial charge in [-0.15, -0.1) is 0 Å². The second-order valence-electron chi connectivity index (χ2n) is 10.9. The number of aliphatic hydroxyl groups excluding tert-OH is 1. The highest BCUT2D eigenvalue weighted by atomic mass is 16.6. The first kappa shape index (κ1) is 38.5. The lowest BCUT2D eigenvalue weighted by molar-refractivity contribution is -0.384. The van der Waals surface area contributed by atoms with E-state index in [0.717, 1.165) is 6.42 Å². The molecule has 2 unspecified atom stereocenters. The van der Waals surface area contributed by atoms with Crippen LogP contribution in [0.25, 0.3) is 0 Å². The molecule has 0 spiro atoms. The number of esters is 2. The zero-order valence-electron chi connectivity index (χ0n) is 27.9. The summed E-state index contributed by atoms with van der Waals surface area (Å²) < 4.78 is 26.8. The molecule has 2 atom stereocenters. The second kappa shape index (κ2) is 20.4. The van der Waals surface area contributed by atoms with Crippen LogP contribution in [0.4, 0.5) is 10.5 Å². The molecular weight excluding hydrogens is 640 g/mol. The van der Waals surface area contributed by atoms with E-state index in [2.05, 4.69) is 16.0 Å². The summed E-state index contributed by atoms with van der Waals surface area (Å²) in [6.07, 6.45) is 0.0880. The van der Waals surface area contributed by atoms with Crippen molar-refractivity contribution in [2.24, 2.45) is 0 Å². The number of nitrogens with zero attached hydrogens (tertiary/aromatic N) is 1. The number of unbranched alkanes of at least 4 members (excludes halogenated alkanes) is 1. The number of para-hydroxylation sites is 1. The van der Waals surface area contributed by atoms with Crippen LogP contribution in [0.1, 0.15) is 38.2 Å². The Balaban J connectivity index is 1.46. The summed E-state index contributed by atoms with van der Waals surface area (Å²) in [7, 11) is 1.20. The molecule has 1 amide bonds. The predicted molar refractivity (Wildman–Crippen MR) is 178 cm³/mol. The number of aliphatic hydroxyl groups is 1. The Morgan fingerprint density at radius 2 is 1.78 bits per heavy atom. The van der Waals surface area contributed by atoms with E-state index in [4.69, 9.17) is 23.7 Å². The van der Waals surface area contributed by atoms with Crippen molar-refractivity contribution in [3.05, 3.63) is 92.8 Å². The van der Waals surface area contributed by atoms with E-state index in [1.807, 2.05) is 30.3 Å². The highest BCUT2D eigenvalue weighted by Gasteiger charge is 2.39. The van der Waals surface area contributed by atoms with E-state index in [0.29, 0.717) is 42.2 Å². The number of nitro groups is 1. The van der Waals surface area contributed by atoms with Crippen LogP contribution < -0.4 is 20.7 Å². The van der Waals surface area contributed by atoms with Gasteiger partial charge in [0.1, 0.15) is 18.5 Å². The van der Waals surface area contributed by atoms with Crippen LogP contribution in [-0.4, -0.2) is 93.9 Å². The summed E-state index contributed by atoms with van der Waals surface area (Å²) >= 11 is 0. The van der Waals surface area contributed by atoms with E-state index < -0.39 is 35.0 Å². The first-order chi connectivity index (χ1) is 23.7. The van der Waals surface area contributed by atoms with Crippen molar-refractivity contribution in [1.29, 1.82) is 0 Å². The standard InChI is InChI=1S/C34H44N4O11/c1-4-47-33(41)31-28(37-23(2)29(32(40)45-3)30(31)24-11-10-12-25(19-24)38(43)44)22-46-18-16-36-34(42)48-17-9-8-15-35-20-26(39)21-49-27-13-6-5-7-14-27/h5-7,10-14,19,26,30,35,37,39H,4,8-9,15-18,20-22H2,1-3H3,(H,36,42). The summed E-state index contributed by atoms with van der Waals surface area (Å²) in [5.74, 6) is -1.79. The molecule has 0 saturated carbocycles. The average molecular weight is 685 g/mol. The number of ether oxygens (including phenoxy) is 5. The number of alkyl carbamates (subject to hydrolysis) is 1. The smallest absolute Gasteiger partial charge is 0.407 e. The molecule has 4 N–H and O–H groups in total. The molecule has 2 aromatic rings. The number of non-ortho nitro benzene ring substituents is 1. The molecule has 15 heteroatoms. The number of amides is 1. The average Bonchev–Trinajstić information content (AvgIpc) is 3.10. The zero-order valence-corrected chi connectivity index (χ0v) is 27.9. The summed E-state index contributed by atoms with van der Waals surface area (Å²) in [4.78, 5) is 49.2. The number of carbonyl (C=O) groups is 3. The Morgan fingerprint density at radius 3 is 2.49 bits per heavy atom. The fraction of sp³-hybridized carbons (Fsp3) is 0.441. The molecule has 0 saturated heterocycles. The van der Waals surface area contributed by atoms with Crippen molar-refractivity contribution < 1.29 is 48.1 Å². The number of allylic oxidation sites excluding steroid dienone is 1. The Kier molecular flexibility index (Phi) is 16.0. The summed E-state index contributed by atoms with van der Waals surface area (Å²) in [5.41, 5.74) is 0.926. The normalized spacial score (nSPS) is 14.8. The van der Waals surface area contributed by atoms with Crippen molar-refractivity contribution >= 4 is 23.7 Å². The first-order valence-corrected chi connectivity index (χ1v) is 15.9. The van der Waals surface area contributed by atoms with Crippen molar-refractivity contribution in [3.63, 3.8) is 0 Å². The Bertz CT molecular complexity index is 1480. The molecule has 0 fully saturated rings. The zero-order chi connectivity index (χ0) is 35.6. The molecule has 49 heavy (non-hydrogen) atoms. The topological polar surface area (TPSA) is 197 Å². The van der Waals surface area contributed by atoms with Gasteiger partial charge in [-0.3, -0.25) is 10.1 Å². The third-order valence-corrected chi connectivity index (χ3v) is 7.27. The number of rotatable bonds is 20. The maximum atomic E-state index is 13.3. The van der Waals surface area contributed by atoms with E-state index in [1.165, 1.54) is 25.3 Å². The predicted octanol–water partition coefficient (Wildman–Crippen LogP) is 3.10. The van der Waals surface area contributed by atoms with Gasteiger partial charge in [0.15, 0.2) is 0 Å². The van der Waals surface area contributed by atoms with Crippen molar-refractivity contribution in [3.8, 4) is 5.75 Å². The second-order valence-corrected chi connectivity index (χ2v) is 10.9. The number of nitro benzene ring substituents is 1. The summed E-state index contributed by atoms with van der Waals surface area (Å²) in [5, 5.41) is 30.3. The van der Waals surface area contributed by atoms with Crippen LogP contribution >= 0.6 is 0 Å². The minimum absolute atomic E-state index is 0.0463. The molecule has 1 aliphatic heterocycles. The SMILES string of the molecule is CCOC(=O)C1=C(COCCNC(=O)OCCCCNCC(O)COc2ccccc2)NC(C)=C(C(=O)OC)C1c1cccc([N+](=O)[O-])c1. The molecule has 3 rings (SSSR count). The fourth-order valence-corrected chi connectivity index (χ4v) is 5.00. The Morgan fingerprint density at radius 1 is 1.00 bits per heavy atom. The molecule has 266 valence electrons. The van der Waals surface area contributed by atoms with Crippen LogP contribution in [0, 0.1) is 10.1 Å². The number of hydrogen-bond acceptors (Lipinski definition) is 13. The van der Waals surface area contributed by atoms with Gasteiger partial charge in [0.05, 0.1) is 61.2 Å². The number of carbonyl (C=O) groups excluding carboxylic acids is 3. The van der Waals surface area contributed by atoms with Crippen LogP contribution in [-0.2, 0) is 28.5 Å². The number of methoxy groups -OCH3 is 1. The van der Waals surface area contributed by atoms with Crippen LogP contribution in [0.15, 0.2) is 77.1 Å². The molecular formula is C34H44N4O11. The van der Waals surface area contributed by atoms with Crippen molar-refractivity contribution in [2.75, 3.05) is 59.8 Å². The third-order valence-electron chi connectivity index (χ3n) is 7.27. The maximum Gasteiger partial charge on any atom is 0.407 e. The van der Waals surface area contributed by atoms with Gasteiger partial charge >= 0.3 is 18.0 Å². The van der Waals surface area contributed by atoms with Crippen LogP contribution in [0.5, 0.6) is 5.75 Å². The minimum atomic E-state index is -1.03. The van der Waals surface area contributed by atoms with E-state index in [-0.39, 0.29) is 56.4 Å². The Hall–Kier alpha value is -4.99. The number of hydrogen-bond donors (Lipinski definition) is 4. The third kappa shape index (κ3) is 12.2. The number of nitrogens with one attached hydrogen (secondary N) is 3. The molecule has 1 heterocycles. The molecule has 1 aliphatic rings. The van der Waals surface area contributed by atoms with Gasteiger partial charge in [-0.2, -0.15) is 0 Å². The van der Waals surface area contributed by atoms with Crippen LogP contribution in [0.2, 0.25) is 0 Å². The van der Waals surface area contributed by atoms with Gasteiger partial charge in [-0.25, -0.2) is 14.4 Å². The van der Waals surface area contributed by atoms with Crippen LogP contribution in [0.3, 0.4) is 0 Å². The summed E-state index contributed by atoms with van der Waals surface area (Å²) in [6, 6.07) is 14.9. The monoisotopic (exact) mass is 684 g/mol. The molecule has 0 radical (unpaired) electrons. The lowest BCUT2D eigenvalue weighted by Crippen LogP contribution is -2.35. The highest BCUT2D eigenvalue weighted by molar-refractivity contribution is 6.00. The number of benzene rings is 2. The van der Waals surface area contributed by atoms with Gasteiger partial charge in [0.25, 0.3) is 5.69 Å². The maximum absolute atomic E-state index is 13.3. The lowest BCUT2D eigenvalue weighted by atomic mass is 9.80. The van der Waals surface area contributed by atoms with Gasteiger partial charge in [0.2, 0.25) is 0 Å².